The van der Waals surface area contributed by atoms with Gasteiger partial charge in [0.05, 0.1) is 5.69 Å². The summed E-state index contributed by atoms with van der Waals surface area (Å²) in [5, 5.41) is 12.6. The number of nitrogens with zero attached hydrogens (tertiary/aromatic N) is 2. The molecule has 1 aromatic rings. The maximum atomic E-state index is 11.5. The molecule has 0 aliphatic carbocycles. The first-order chi connectivity index (χ1) is 10.1. The van der Waals surface area contributed by atoms with Crippen LogP contribution in [0.2, 0.25) is 0 Å². The summed E-state index contributed by atoms with van der Waals surface area (Å²) >= 11 is 0. The van der Waals surface area contributed by atoms with Gasteiger partial charge < -0.3 is 15.2 Å². The lowest BCUT2D eigenvalue weighted by Crippen LogP contribution is -2.35. The predicted molar refractivity (Wildman–Crippen MR) is 78.3 cm³/mol. The van der Waals surface area contributed by atoms with Gasteiger partial charge in [0.2, 0.25) is 0 Å². The van der Waals surface area contributed by atoms with Crippen LogP contribution in [0.4, 0.5) is 0 Å². The van der Waals surface area contributed by atoms with Crippen LogP contribution in [-0.2, 0) is 23.3 Å². The zero-order valence-electron chi connectivity index (χ0n) is 12.9. The Labute approximate surface area is 124 Å². The Morgan fingerprint density at radius 3 is 2.62 bits per heavy atom. The minimum atomic E-state index is -1.00. The van der Waals surface area contributed by atoms with Gasteiger partial charge in [-0.1, -0.05) is 13.8 Å². The lowest BCUT2D eigenvalue weighted by Gasteiger charge is -2.31. The van der Waals surface area contributed by atoms with Crippen LogP contribution in [0.25, 0.3) is 0 Å². The Morgan fingerprint density at radius 2 is 2.05 bits per heavy atom. The van der Waals surface area contributed by atoms with Crippen LogP contribution in [0, 0.1) is 0 Å². The summed E-state index contributed by atoms with van der Waals surface area (Å²) in [6, 6.07) is 0. The summed E-state index contributed by atoms with van der Waals surface area (Å²) < 4.78 is 5.91. The molecule has 0 saturated carbocycles. The molecule has 2 rings (SSSR count). The van der Waals surface area contributed by atoms with E-state index in [1.165, 1.54) is 0 Å². The molecular formula is C15H23N3O3. The fraction of sp³-hybridized carbons (Fsp3) is 0.667. The van der Waals surface area contributed by atoms with Gasteiger partial charge >= 0.3 is 5.97 Å². The third-order valence-electron chi connectivity index (χ3n) is 4.11. The zero-order chi connectivity index (χ0) is 15.5. The topological polar surface area (TPSA) is 84.3 Å². The normalized spacial score (nSPS) is 14.8. The standard InChI is InChI=1S/C15H23N3O3/c1-4-15(5-2,21-6-3)14-17-11-7-8-16-9-10(11)12(18-14)13(19)20/h16H,4-9H2,1-3H3,(H,19,20). The van der Waals surface area contributed by atoms with Crippen LogP contribution >= 0.6 is 0 Å². The maximum absolute atomic E-state index is 11.5. The molecule has 6 nitrogen and oxygen atoms in total. The highest BCUT2D eigenvalue weighted by molar-refractivity contribution is 5.87. The third kappa shape index (κ3) is 2.91. The molecule has 0 saturated heterocycles. The second-order valence-electron chi connectivity index (χ2n) is 5.19. The fourth-order valence-corrected chi connectivity index (χ4v) is 2.83. The molecule has 0 bridgehead atoms. The molecule has 0 amide bonds. The van der Waals surface area contributed by atoms with Crippen molar-refractivity contribution < 1.29 is 14.6 Å². The number of aromatic nitrogens is 2. The predicted octanol–water partition coefficient (Wildman–Crippen LogP) is 1.87. The van der Waals surface area contributed by atoms with E-state index in [4.69, 9.17) is 4.74 Å². The summed E-state index contributed by atoms with van der Waals surface area (Å²) in [5.74, 6) is -0.497. The van der Waals surface area contributed by atoms with Crippen molar-refractivity contribution in [1.29, 1.82) is 0 Å². The van der Waals surface area contributed by atoms with E-state index in [-0.39, 0.29) is 5.69 Å². The first-order valence-corrected chi connectivity index (χ1v) is 7.56. The summed E-state index contributed by atoms with van der Waals surface area (Å²) in [7, 11) is 0. The van der Waals surface area contributed by atoms with Crippen molar-refractivity contribution >= 4 is 5.97 Å². The number of hydrogen-bond acceptors (Lipinski definition) is 5. The lowest BCUT2D eigenvalue weighted by atomic mass is 9.94. The number of ether oxygens (including phenoxy) is 1. The second kappa shape index (κ2) is 6.49. The third-order valence-corrected chi connectivity index (χ3v) is 4.11. The minimum Gasteiger partial charge on any atom is -0.476 e. The highest BCUT2D eigenvalue weighted by Crippen LogP contribution is 2.32. The second-order valence-corrected chi connectivity index (χ2v) is 5.19. The molecule has 0 aromatic carbocycles. The summed E-state index contributed by atoms with van der Waals surface area (Å²) in [4.78, 5) is 20.5. The number of fused-ring (bicyclic) bond motifs is 1. The van der Waals surface area contributed by atoms with Crippen LogP contribution in [-0.4, -0.2) is 34.2 Å². The van der Waals surface area contributed by atoms with E-state index in [1.54, 1.807) is 0 Å². The van der Waals surface area contributed by atoms with E-state index in [0.29, 0.717) is 37.4 Å². The highest BCUT2D eigenvalue weighted by atomic mass is 16.5. The molecule has 2 N–H and O–H groups in total. The van der Waals surface area contributed by atoms with Gasteiger partial charge in [-0.2, -0.15) is 0 Å². The molecule has 21 heavy (non-hydrogen) atoms. The van der Waals surface area contributed by atoms with E-state index in [2.05, 4.69) is 15.3 Å². The van der Waals surface area contributed by atoms with Gasteiger partial charge in [-0.25, -0.2) is 14.8 Å². The van der Waals surface area contributed by atoms with E-state index in [0.717, 1.165) is 18.7 Å². The molecule has 1 aliphatic heterocycles. The van der Waals surface area contributed by atoms with Gasteiger partial charge in [0.15, 0.2) is 11.5 Å². The van der Waals surface area contributed by atoms with E-state index < -0.39 is 11.6 Å². The zero-order valence-corrected chi connectivity index (χ0v) is 12.9. The Kier molecular flexibility index (Phi) is 4.90. The monoisotopic (exact) mass is 293 g/mol. The molecule has 0 radical (unpaired) electrons. The molecular weight excluding hydrogens is 270 g/mol. The van der Waals surface area contributed by atoms with Gasteiger partial charge in [0.25, 0.3) is 0 Å². The van der Waals surface area contributed by atoms with Crippen molar-refractivity contribution in [2.24, 2.45) is 0 Å². The number of rotatable bonds is 6. The van der Waals surface area contributed by atoms with Crippen molar-refractivity contribution in [2.45, 2.75) is 52.2 Å². The number of carbonyl (C=O) groups is 1. The highest BCUT2D eigenvalue weighted by Gasteiger charge is 2.35. The van der Waals surface area contributed by atoms with Gasteiger partial charge in [-0.15, -0.1) is 0 Å². The lowest BCUT2D eigenvalue weighted by molar-refractivity contribution is -0.0574. The molecule has 1 aliphatic rings. The summed E-state index contributed by atoms with van der Waals surface area (Å²) in [6.07, 6.45) is 2.15. The minimum absolute atomic E-state index is 0.105. The average Bonchev–Trinajstić information content (AvgIpc) is 2.51. The average molecular weight is 293 g/mol. The smallest absolute Gasteiger partial charge is 0.354 e. The van der Waals surface area contributed by atoms with Gasteiger partial charge in [0, 0.05) is 31.7 Å². The SMILES string of the molecule is CCOC(CC)(CC)c1nc2c(c(C(=O)O)n1)CNCC2. The number of hydrogen-bond donors (Lipinski definition) is 2. The Balaban J connectivity index is 2.58. The van der Waals surface area contributed by atoms with Crippen molar-refractivity contribution in [3.8, 4) is 0 Å². The van der Waals surface area contributed by atoms with Crippen LogP contribution in [0.3, 0.4) is 0 Å². The quantitative estimate of drug-likeness (QED) is 0.833. The van der Waals surface area contributed by atoms with Crippen molar-refractivity contribution in [1.82, 2.24) is 15.3 Å². The maximum Gasteiger partial charge on any atom is 0.354 e. The largest absolute Gasteiger partial charge is 0.476 e. The van der Waals surface area contributed by atoms with Crippen molar-refractivity contribution in [2.75, 3.05) is 13.2 Å². The Hall–Kier alpha value is -1.53. The van der Waals surface area contributed by atoms with Crippen molar-refractivity contribution in [3.05, 3.63) is 22.8 Å². The first kappa shape index (κ1) is 15.9. The Morgan fingerprint density at radius 1 is 1.33 bits per heavy atom. The molecule has 0 spiro atoms. The van der Waals surface area contributed by atoms with Crippen molar-refractivity contribution in [3.63, 3.8) is 0 Å². The summed E-state index contributed by atoms with van der Waals surface area (Å²) in [6.45, 7) is 7.83. The van der Waals surface area contributed by atoms with E-state index in [9.17, 15) is 9.90 Å². The number of carboxylic acid groups (broad SMARTS) is 1. The van der Waals surface area contributed by atoms with Gasteiger partial charge in [0.1, 0.15) is 5.60 Å². The molecule has 1 aromatic heterocycles. The Bertz CT molecular complexity index is 527. The number of carboxylic acids is 1. The number of aromatic carboxylic acids is 1. The molecule has 2 heterocycles. The van der Waals surface area contributed by atoms with E-state index >= 15 is 0 Å². The molecule has 0 unspecified atom stereocenters. The molecule has 6 heteroatoms. The first-order valence-electron chi connectivity index (χ1n) is 7.56. The summed E-state index contributed by atoms with van der Waals surface area (Å²) in [5.41, 5.74) is 1.05. The van der Waals surface area contributed by atoms with E-state index in [1.807, 2.05) is 20.8 Å². The van der Waals surface area contributed by atoms with Crippen LogP contribution < -0.4 is 5.32 Å². The molecule has 0 atom stereocenters. The number of nitrogens with one attached hydrogen (secondary N) is 1. The molecule has 0 fully saturated rings. The molecule has 116 valence electrons. The van der Waals surface area contributed by atoms with Crippen LogP contribution in [0.1, 0.15) is 61.2 Å². The van der Waals surface area contributed by atoms with Gasteiger partial charge in [-0.3, -0.25) is 0 Å². The fourth-order valence-electron chi connectivity index (χ4n) is 2.83. The van der Waals surface area contributed by atoms with Crippen LogP contribution in [0.5, 0.6) is 0 Å². The van der Waals surface area contributed by atoms with Gasteiger partial charge in [-0.05, 0) is 19.8 Å². The van der Waals surface area contributed by atoms with Crippen LogP contribution in [0.15, 0.2) is 0 Å².